The van der Waals surface area contributed by atoms with Gasteiger partial charge >= 0.3 is 6.18 Å². The number of nitrogens with zero attached hydrogens (tertiary/aromatic N) is 2. The molecule has 0 fully saturated rings. The number of benzene rings is 1. The van der Waals surface area contributed by atoms with Gasteiger partial charge in [-0.1, -0.05) is 6.07 Å². The zero-order valence-electron chi connectivity index (χ0n) is 9.08. The van der Waals surface area contributed by atoms with Gasteiger partial charge < -0.3 is 4.74 Å². The van der Waals surface area contributed by atoms with Gasteiger partial charge in [0.15, 0.2) is 0 Å². The Morgan fingerprint density at radius 2 is 2.00 bits per heavy atom. The first-order valence-electron chi connectivity index (χ1n) is 4.89. The van der Waals surface area contributed by atoms with Crippen LogP contribution in [0, 0.1) is 0 Å². The number of hydrogen-bond acceptors (Lipinski definition) is 3. The van der Waals surface area contributed by atoms with Gasteiger partial charge in [0.25, 0.3) is 0 Å². The maximum absolute atomic E-state index is 12.5. The van der Waals surface area contributed by atoms with Crippen molar-refractivity contribution in [1.29, 1.82) is 0 Å². The molecule has 0 spiro atoms. The lowest BCUT2D eigenvalue weighted by Crippen LogP contribution is -2.04. The normalized spacial score (nSPS) is 11.4. The molecule has 0 amide bonds. The first kappa shape index (κ1) is 14.1. The number of hydrogen-bond donors (Lipinski definition) is 0. The molecule has 0 N–H and O–H groups in total. The van der Waals surface area contributed by atoms with Crippen molar-refractivity contribution in [2.45, 2.75) is 6.18 Å². The Bertz CT molecular complexity index is 607. The number of ether oxygens (including phenoxy) is 1. The second-order valence-corrected chi connectivity index (χ2v) is 4.61. The van der Waals surface area contributed by atoms with Crippen LogP contribution in [0.1, 0.15) is 5.56 Å². The van der Waals surface area contributed by atoms with Crippen LogP contribution >= 0.6 is 27.5 Å². The molecule has 1 heterocycles. The molecule has 0 saturated heterocycles. The standard InChI is InChI=1S/C11H5BrClF3N2O/c12-8-5-17-10(13)18-9(8)19-7-3-1-2-6(4-7)11(14,15)16/h1-5H. The monoisotopic (exact) mass is 352 g/mol. The third kappa shape index (κ3) is 3.57. The van der Waals surface area contributed by atoms with E-state index in [1.54, 1.807) is 0 Å². The van der Waals surface area contributed by atoms with Gasteiger partial charge in [0.1, 0.15) is 5.75 Å². The van der Waals surface area contributed by atoms with Crippen molar-refractivity contribution < 1.29 is 17.9 Å². The molecule has 0 unspecified atom stereocenters. The van der Waals surface area contributed by atoms with Crippen LogP contribution in [0.4, 0.5) is 13.2 Å². The van der Waals surface area contributed by atoms with Crippen LogP contribution in [0.3, 0.4) is 0 Å². The SMILES string of the molecule is FC(F)(F)c1cccc(Oc2nc(Cl)ncc2Br)c1. The Balaban J connectivity index is 2.31. The highest BCUT2D eigenvalue weighted by Crippen LogP contribution is 2.33. The number of aromatic nitrogens is 2. The molecule has 19 heavy (non-hydrogen) atoms. The third-order valence-corrected chi connectivity index (χ3v) is 2.78. The molecule has 1 aromatic heterocycles. The average Bonchev–Trinajstić information content (AvgIpc) is 2.33. The van der Waals surface area contributed by atoms with Crippen molar-refractivity contribution in [2.75, 3.05) is 0 Å². The van der Waals surface area contributed by atoms with Crippen LogP contribution in [0.25, 0.3) is 0 Å². The Labute approximate surface area is 119 Å². The fourth-order valence-electron chi connectivity index (χ4n) is 1.25. The maximum atomic E-state index is 12.5. The van der Waals surface area contributed by atoms with E-state index in [0.717, 1.165) is 12.1 Å². The van der Waals surface area contributed by atoms with Gasteiger partial charge in [-0.15, -0.1) is 0 Å². The van der Waals surface area contributed by atoms with Crippen LogP contribution in [-0.4, -0.2) is 9.97 Å². The fourth-order valence-corrected chi connectivity index (χ4v) is 1.65. The summed E-state index contributed by atoms with van der Waals surface area (Å²) in [5.74, 6) is 0.0459. The topological polar surface area (TPSA) is 35.0 Å². The smallest absolute Gasteiger partial charge is 0.416 e. The van der Waals surface area contributed by atoms with Crippen molar-refractivity contribution in [3.8, 4) is 11.6 Å². The fraction of sp³-hybridized carbons (Fsp3) is 0.0909. The second-order valence-electron chi connectivity index (χ2n) is 3.42. The molecule has 0 aliphatic carbocycles. The average molecular weight is 354 g/mol. The lowest BCUT2D eigenvalue weighted by atomic mass is 10.2. The van der Waals surface area contributed by atoms with Crippen LogP contribution in [-0.2, 0) is 6.18 Å². The molecule has 0 saturated carbocycles. The van der Waals surface area contributed by atoms with Crippen LogP contribution in [0.2, 0.25) is 5.28 Å². The van der Waals surface area contributed by atoms with E-state index in [4.69, 9.17) is 16.3 Å². The summed E-state index contributed by atoms with van der Waals surface area (Å²) in [6.07, 6.45) is -3.09. The van der Waals surface area contributed by atoms with Gasteiger partial charge in [0.05, 0.1) is 10.0 Å². The first-order chi connectivity index (χ1) is 8.86. The van der Waals surface area contributed by atoms with Gasteiger partial charge in [0, 0.05) is 6.20 Å². The zero-order chi connectivity index (χ0) is 14.0. The summed E-state index contributed by atoms with van der Waals surface area (Å²) in [4.78, 5) is 7.45. The summed E-state index contributed by atoms with van der Waals surface area (Å²) in [5, 5.41) is -0.0647. The minimum atomic E-state index is -4.43. The van der Waals surface area contributed by atoms with E-state index in [-0.39, 0.29) is 16.9 Å². The molecule has 2 aromatic rings. The van der Waals surface area contributed by atoms with Crippen LogP contribution in [0.5, 0.6) is 11.6 Å². The molecule has 0 aliphatic heterocycles. The summed E-state index contributed by atoms with van der Waals surface area (Å²) < 4.78 is 43.2. The zero-order valence-corrected chi connectivity index (χ0v) is 11.4. The molecule has 0 aliphatic rings. The van der Waals surface area contributed by atoms with E-state index in [1.807, 2.05) is 0 Å². The highest BCUT2D eigenvalue weighted by atomic mass is 79.9. The van der Waals surface area contributed by atoms with Gasteiger partial charge in [-0.2, -0.15) is 18.2 Å². The summed E-state index contributed by atoms with van der Waals surface area (Å²) in [6.45, 7) is 0. The molecular formula is C11H5BrClF3N2O. The Morgan fingerprint density at radius 3 is 2.68 bits per heavy atom. The van der Waals surface area contributed by atoms with Crippen LogP contribution < -0.4 is 4.74 Å². The number of halogens is 5. The molecule has 0 radical (unpaired) electrons. The minimum Gasteiger partial charge on any atom is -0.438 e. The highest BCUT2D eigenvalue weighted by molar-refractivity contribution is 9.10. The maximum Gasteiger partial charge on any atom is 0.416 e. The molecular weight excluding hydrogens is 348 g/mol. The summed E-state index contributed by atoms with van der Waals surface area (Å²) in [5.41, 5.74) is -0.804. The first-order valence-corrected chi connectivity index (χ1v) is 6.06. The largest absolute Gasteiger partial charge is 0.438 e. The summed E-state index contributed by atoms with van der Waals surface area (Å²) in [7, 11) is 0. The lowest BCUT2D eigenvalue weighted by molar-refractivity contribution is -0.137. The van der Waals surface area contributed by atoms with Gasteiger partial charge in [-0.25, -0.2) is 4.98 Å². The summed E-state index contributed by atoms with van der Waals surface area (Å²) in [6, 6.07) is 4.46. The van der Waals surface area contributed by atoms with E-state index in [2.05, 4.69) is 25.9 Å². The molecule has 100 valence electrons. The molecule has 2 rings (SSSR count). The molecule has 3 nitrogen and oxygen atoms in total. The molecule has 0 bridgehead atoms. The molecule has 1 aromatic carbocycles. The van der Waals surface area contributed by atoms with Crippen molar-refractivity contribution in [3.05, 3.63) is 45.8 Å². The van der Waals surface area contributed by atoms with E-state index < -0.39 is 11.7 Å². The number of alkyl halides is 3. The number of rotatable bonds is 2. The van der Waals surface area contributed by atoms with Crippen LogP contribution in [0.15, 0.2) is 34.9 Å². The quantitative estimate of drug-likeness (QED) is 0.734. The van der Waals surface area contributed by atoms with E-state index in [9.17, 15) is 13.2 Å². The Kier molecular flexibility index (Phi) is 3.96. The van der Waals surface area contributed by atoms with Gasteiger partial charge in [0.2, 0.25) is 11.2 Å². The predicted molar refractivity (Wildman–Crippen MR) is 66.3 cm³/mol. The third-order valence-electron chi connectivity index (χ3n) is 2.06. The van der Waals surface area contributed by atoms with Crippen molar-refractivity contribution in [3.63, 3.8) is 0 Å². The highest BCUT2D eigenvalue weighted by Gasteiger charge is 2.30. The Hall–Kier alpha value is -1.34. The summed E-state index contributed by atoms with van der Waals surface area (Å²) >= 11 is 8.70. The minimum absolute atomic E-state index is 0.00490. The van der Waals surface area contributed by atoms with Crippen molar-refractivity contribution in [2.24, 2.45) is 0 Å². The van der Waals surface area contributed by atoms with Gasteiger partial charge in [-0.3, -0.25) is 0 Å². The van der Waals surface area contributed by atoms with E-state index >= 15 is 0 Å². The van der Waals surface area contributed by atoms with E-state index in [0.29, 0.717) is 4.47 Å². The molecule has 0 atom stereocenters. The predicted octanol–water partition coefficient (Wildman–Crippen LogP) is 4.70. The second kappa shape index (κ2) is 5.34. The lowest BCUT2D eigenvalue weighted by Gasteiger charge is -2.10. The Morgan fingerprint density at radius 1 is 1.26 bits per heavy atom. The van der Waals surface area contributed by atoms with Crippen molar-refractivity contribution in [1.82, 2.24) is 9.97 Å². The van der Waals surface area contributed by atoms with Gasteiger partial charge in [-0.05, 0) is 45.7 Å². The van der Waals surface area contributed by atoms with E-state index in [1.165, 1.54) is 18.3 Å². The molecule has 8 heteroatoms. The van der Waals surface area contributed by atoms with Crippen molar-refractivity contribution >= 4 is 27.5 Å².